The molecule has 3 fully saturated rings. The van der Waals surface area contributed by atoms with Gasteiger partial charge in [0.15, 0.2) is 5.96 Å². The number of hydrogen-bond acceptors (Lipinski definition) is 4. The maximum atomic E-state index is 11.6. The zero-order chi connectivity index (χ0) is 15.6. The first-order chi connectivity index (χ1) is 10.5. The molecular formula is C15H27IN4O2S. The van der Waals surface area contributed by atoms with Crippen LogP contribution in [0.4, 0.5) is 0 Å². The number of carbonyl (C=O) groups excluding carboxylic acids is 1. The summed E-state index contributed by atoms with van der Waals surface area (Å²) in [5.74, 6) is 2.84. The summed E-state index contributed by atoms with van der Waals surface area (Å²) in [6, 6.07) is 0. The van der Waals surface area contributed by atoms with Gasteiger partial charge in [0.2, 0.25) is 5.91 Å². The lowest BCUT2D eigenvalue weighted by Crippen LogP contribution is -2.54. The van der Waals surface area contributed by atoms with Crippen molar-refractivity contribution in [3.05, 3.63) is 0 Å². The number of piperidine rings is 1. The van der Waals surface area contributed by atoms with Crippen LogP contribution < -0.4 is 10.6 Å². The SMILES string of the molecule is CN=C(NCC1(O)CCSC1)N1CCCC2(CNC(=O)C2)C1.I. The lowest BCUT2D eigenvalue weighted by Gasteiger charge is -2.41. The van der Waals surface area contributed by atoms with E-state index in [0.717, 1.165) is 56.4 Å². The van der Waals surface area contributed by atoms with Gasteiger partial charge in [0, 0.05) is 50.8 Å². The van der Waals surface area contributed by atoms with Gasteiger partial charge in [0.25, 0.3) is 0 Å². The molecule has 3 aliphatic rings. The Morgan fingerprint density at radius 3 is 2.96 bits per heavy atom. The number of nitrogens with zero attached hydrogens (tertiary/aromatic N) is 2. The van der Waals surface area contributed by atoms with E-state index in [1.807, 2.05) is 0 Å². The Kier molecular flexibility index (Phi) is 6.46. The summed E-state index contributed by atoms with van der Waals surface area (Å²) < 4.78 is 0. The number of aliphatic imine (C=N–C) groups is 1. The second-order valence-electron chi connectivity index (χ2n) is 6.91. The maximum absolute atomic E-state index is 11.6. The van der Waals surface area contributed by atoms with Crippen LogP contribution in [-0.4, -0.2) is 72.2 Å². The van der Waals surface area contributed by atoms with Gasteiger partial charge in [-0.1, -0.05) is 0 Å². The number of hydrogen-bond donors (Lipinski definition) is 3. The Morgan fingerprint density at radius 1 is 1.52 bits per heavy atom. The minimum atomic E-state index is -0.612. The molecule has 0 aromatic carbocycles. The molecule has 0 aromatic heterocycles. The normalized spacial score (nSPS) is 34.4. The zero-order valence-corrected chi connectivity index (χ0v) is 16.8. The number of nitrogens with one attached hydrogen (secondary N) is 2. The van der Waals surface area contributed by atoms with Gasteiger partial charge in [0.05, 0.1) is 5.60 Å². The Labute approximate surface area is 159 Å². The van der Waals surface area contributed by atoms with Crippen molar-refractivity contribution in [1.29, 1.82) is 0 Å². The van der Waals surface area contributed by atoms with Crippen LogP contribution in [0, 0.1) is 5.41 Å². The first-order valence-electron chi connectivity index (χ1n) is 8.07. The number of thioether (sulfide) groups is 1. The van der Waals surface area contributed by atoms with Gasteiger partial charge >= 0.3 is 0 Å². The number of carbonyl (C=O) groups is 1. The van der Waals surface area contributed by atoms with Gasteiger partial charge < -0.3 is 20.6 Å². The summed E-state index contributed by atoms with van der Waals surface area (Å²) in [4.78, 5) is 18.2. The summed E-state index contributed by atoms with van der Waals surface area (Å²) in [5, 5.41) is 16.8. The molecule has 0 aromatic rings. The highest BCUT2D eigenvalue weighted by Gasteiger charge is 2.42. The minimum absolute atomic E-state index is 0. The van der Waals surface area contributed by atoms with Crippen molar-refractivity contribution in [3.63, 3.8) is 0 Å². The topological polar surface area (TPSA) is 77.0 Å². The van der Waals surface area contributed by atoms with Gasteiger partial charge in [-0.3, -0.25) is 9.79 Å². The molecule has 3 saturated heterocycles. The molecule has 3 rings (SSSR count). The molecule has 3 heterocycles. The number of likely N-dealkylation sites (tertiary alicyclic amines) is 1. The third-order valence-corrected chi connectivity index (χ3v) is 6.26. The predicted octanol–water partition coefficient (Wildman–Crippen LogP) is 0.650. The lowest BCUT2D eigenvalue weighted by molar-refractivity contribution is -0.119. The lowest BCUT2D eigenvalue weighted by atomic mass is 9.79. The van der Waals surface area contributed by atoms with E-state index < -0.39 is 5.60 Å². The zero-order valence-electron chi connectivity index (χ0n) is 13.6. The number of halogens is 1. The van der Waals surface area contributed by atoms with Crippen molar-refractivity contribution in [2.24, 2.45) is 10.4 Å². The van der Waals surface area contributed by atoms with Crippen molar-refractivity contribution in [2.75, 3.05) is 44.7 Å². The van der Waals surface area contributed by atoms with Crippen LogP contribution in [-0.2, 0) is 4.79 Å². The van der Waals surface area contributed by atoms with Crippen LogP contribution in [0.1, 0.15) is 25.7 Å². The maximum Gasteiger partial charge on any atom is 0.220 e. The van der Waals surface area contributed by atoms with Crippen LogP contribution >= 0.6 is 35.7 Å². The fourth-order valence-corrected chi connectivity index (χ4v) is 5.04. The van der Waals surface area contributed by atoms with E-state index in [2.05, 4.69) is 20.5 Å². The Hall–Kier alpha value is -0.220. The minimum Gasteiger partial charge on any atom is -0.387 e. The molecule has 0 saturated carbocycles. The van der Waals surface area contributed by atoms with Crippen molar-refractivity contribution in [1.82, 2.24) is 15.5 Å². The summed E-state index contributed by atoms with van der Waals surface area (Å²) in [7, 11) is 1.79. The summed E-state index contributed by atoms with van der Waals surface area (Å²) in [6.07, 6.45) is 3.64. The largest absolute Gasteiger partial charge is 0.387 e. The van der Waals surface area contributed by atoms with E-state index in [1.165, 1.54) is 0 Å². The molecule has 2 unspecified atom stereocenters. The van der Waals surface area contributed by atoms with Crippen molar-refractivity contribution in [2.45, 2.75) is 31.3 Å². The third-order valence-electron chi connectivity index (χ3n) is 5.03. The van der Waals surface area contributed by atoms with E-state index in [-0.39, 0.29) is 35.3 Å². The van der Waals surface area contributed by atoms with E-state index >= 15 is 0 Å². The predicted molar refractivity (Wildman–Crippen MR) is 105 cm³/mol. The molecule has 3 N–H and O–H groups in total. The number of amides is 1. The first-order valence-corrected chi connectivity index (χ1v) is 9.22. The second kappa shape index (κ2) is 7.77. The van der Waals surface area contributed by atoms with Crippen LogP contribution in [0.15, 0.2) is 4.99 Å². The highest BCUT2D eigenvalue weighted by molar-refractivity contribution is 14.0. The van der Waals surface area contributed by atoms with Crippen LogP contribution in [0.5, 0.6) is 0 Å². The van der Waals surface area contributed by atoms with Crippen LogP contribution in [0.3, 0.4) is 0 Å². The summed E-state index contributed by atoms with van der Waals surface area (Å²) in [6.45, 7) is 3.15. The summed E-state index contributed by atoms with van der Waals surface area (Å²) in [5.41, 5.74) is -0.550. The molecule has 132 valence electrons. The molecule has 0 aliphatic carbocycles. The van der Waals surface area contributed by atoms with Gasteiger partial charge in [-0.15, -0.1) is 24.0 Å². The third kappa shape index (κ3) is 4.45. The first kappa shape index (κ1) is 19.1. The smallest absolute Gasteiger partial charge is 0.220 e. The van der Waals surface area contributed by atoms with E-state index in [0.29, 0.717) is 13.0 Å². The standard InChI is InChI=1S/C15H26N4O2S.HI/c1-16-13(18-9-15(21)4-6-22-11-15)19-5-2-3-14(10-19)7-12(20)17-8-14;/h21H,2-11H2,1H3,(H,16,18)(H,17,20);1H. The molecule has 0 radical (unpaired) electrons. The van der Waals surface area contributed by atoms with Crippen LogP contribution in [0.2, 0.25) is 0 Å². The Balaban J connectivity index is 0.00000192. The van der Waals surface area contributed by atoms with E-state index in [4.69, 9.17) is 0 Å². The molecule has 8 heteroatoms. The van der Waals surface area contributed by atoms with Gasteiger partial charge in [-0.05, 0) is 25.0 Å². The highest BCUT2D eigenvalue weighted by Crippen LogP contribution is 2.36. The van der Waals surface area contributed by atoms with Crippen molar-refractivity contribution in [3.8, 4) is 0 Å². The summed E-state index contributed by atoms with van der Waals surface area (Å²) >= 11 is 1.80. The molecule has 3 aliphatic heterocycles. The monoisotopic (exact) mass is 454 g/mol. The molecule has 1 amide bonds. The van der Waals surface area contributed by atoms with Gasteiger partial charge in [-0.2, -0.15) is 11.8 Å². The molecule has 6 nitrogen and oxygen atoms in total. The van der Waals surface area contributed by atoms with Crippen molar-refractivity contribution < 1.29 is 9.90 Å². The van der Waals surface area contributed by atoms with Crippen molar-refractivity contribution >= 4 is 47.6 Å². The van der Waals surface area contributed by atoms with Gasteiger partial charge in [0.1, 0.15) is 0 Å². The number of aliphatic hydroxyl groups is 1. The molecule has 0 bridgehead atoms. The average Bonchev–Trinajstić information content (AvgIpc) is 3.07. The quantitative estimate of drug-likeness (QED) is 0.325. The average molecular weight is 454 g/mol. The van der Waals surface area contributed by atoms with Gasteiger partial charge in [-0.25, -0.2) is 0 Å². The molecule has 2 atom stereocenters. The Bertz CT molecular complexity index is 470. The fraction of sp³-hybridized carbons (Fsp3) is 0.867. The van der Waals surface area contributed by atoms with E-state index in [1.54, 1.807) is 18.8 Å². The molecule has 23 heavy (non-hydrogen) atoms. The molecular weight excluding hydrogens is 427 g/mol. The highest BCUT2D eigenvalue weighted by atomic mass is 127. The Morgan fingerprint density at radius 2 is 2.35 bits per heavy atom. The fourth-order valence-electron chi connectivity index (χ4n) is 3.74. The van der Waals surface area contributed by atoms with Crippen LogP contribution in [0.25, 0.3) is 0 Å². The number of guanidine groups is 1. The number of rotatable bonds is 2. The van der Waals surface area contributed by atoms with E-state index in [9.17, 15) is 9.90 Å². The molecule has 1 spiro atoms. The second-order valence-corrected chi connectivity index (χ2v) is 8.01.